The van der Waals surface area contributed by atoms with Gasteiger partial charge in [-0.1, -0.05) is 12.1 Å². The zero-order valence-corrected chi connectivity index (χ0v) is 9.69. The molecule has 1 aliphatic heterocycles. The topological polar surface area (TPSA) is 58.6 Å². The Morgan fingerprint density at radius 3 is 3.12 bits per heavy atom. The smallest absolute Gasteiger partial charge is 0.229 e. The molecule has 1 aromatic rings. The third-order valence-electron chi connectivity index (χ3n) is 2.91. The first-order chi connectivity index (χ1) is 8.29. The van der Waals surface area contributed by atoms with Gasteiger partial charge in [0.15, 0.2) is 0 Å². The number of aliphatic hydroxyl groups is 1. The average molecular weight is 235 g/mol. The second kappa shape index (κ2) is 5.80. The van der Waals surface area contributed by atoms with E-state index in [0.717, 1.165) is 30.7 Å². The van der Waals surface area contributed by atoms with Crippen molar-refractivity contribution in [3.8, 4) is 0 Å². The van der Waals surface area contributed by atoms with Crippen molar-refractivity contribution in [2.75, 3.05) is 18.5 Å². The summed E-state index contributed by atoms with van der Waals surface area (Å²) in [6.45, 7) is 1.24. The number of rotatable bonds is 3. The molecule has 1 saturated heterocycles. The Morgan fingerprint density at radius 1 is 1.53 bits per heavy atom. The fourth-order valence-corrected chi connectivity index (χ4v) is 1.94. The maximum Gasteiger partial charge on any atom is 0.229 e. The maximum absolute atomic E-state index is 11.9. The number of hydrogen-bond donors (Lipinski definition) is 2. The van der Waals surface area contributed by atoms with Crippen LogP contribution in [0.3, 0.4) is 0 Å². The van der Waals surface area contributed by atoms with E-state index in [4.69, 9.17) is 9.84 Å². The van der Waals surface area contributed by atoms with Crippen molar-refractivity contribution in [2.45, 2.75) is 19.4 Å². The zero-order valence-electron chi connectivity index (χ0n) is 9.69. The van der Waals surface area contributed by atoms with Crippen LogP contribution in [-0.2, 0) is 16.1 Å². The van der Waals surface area contributed by atoms with Gasteiger partial charge in [-0.05, 0) is 30.5 Å². The number of anilines is 1. The molecule has 92 valence electrons. The van der Waals surface area contributed by atoms with Crippen LogP contribution < -0.4 is 5.32 Å². The average Bonchev–Trinajstić information content (AvgIpc) is 2.40. The normalized spacial score (nSPS) is 19.9. The monoisotopic (exact) mass is 235 g/mol. The van der Waals surface area contributed by atoms with Crippen LogP contribution in [0.4, 0.5) is 5.69 Å². The molecule has 0 aliphatic carbocycles. The van der Waals surface area contributed by atoms with Gasteiger partial charge >= 0.3 is 0 Å². The summed E-state index contributed by atoms with van der Waals surface area (Å²) < 4.78 is 5.28. The molecule has 1 aliphatic rings. The van der Waals surface area contributed by atoms with Crippen molar-refractivity contribution in [2.24, 2.45) is 5.92 Å². The number of ether oxygens (including phenoxy) is 1. The van der Waals surface area contributed by atoms with E-state index in [-0.39, 0.29) is 18.4 Å². The van der Waals surface area contributed by atoms with Crippen LogP contribution >= 0.6 is 0 Å². The van der Waals surface area contributed by atoms with Crippen molar-refractivity contribution in [3.05, 3.63) is 29.8 Å². The van der Waals surface area contributed by atoms with Gasteiger partial charge in [0.1, 0.15) is 0 Å². The SMILES string of the molecule is O=C(Nc1cccc(CO)c1)C1CCCOC1. The first-order valence-corrected chi connectivity index (χ1v) is 5.88. The number of amides is 1. The summed E-state index contributed by atoms with van der Waals surface area (Å²) in [5.74, 6) is -0.0543. The molecule has 0 radical (unpaired) electrons. The lowest BCUT2D eigenvalue weighted by Crippen LogP contribution is -2.30. The summed E-state index contributed by atoms with van der Waals surface area (Å²) in [6.07, 6.45) is 1.82. The molecule has 0 bridgehead atoms. The Morgan fingerprint density at radius 2 is 2.41 bits per heavy atom. The summed E-state index contributed by atoms with van der Waals surface area (Å²) in [7, 11) is 0. The van der Waals surface area contributed by atoms with E-state index in [9.17, 15) is 4.79 Å². The van der Waals surface area contributed by atoms with Gasteiger partial charge in [0.25, 0.3) is 0 Å². The van der Waals surface area contributed by atoms with E-state index >= 15 is 0 Å². The first-order valence-electron chi connectivity index (χ1n) is 5.88. The van der Waals surface area contributed by atoms with Crippen LogP contribution in [0.2, 0.25) is 0 Å². The van der Waals surface area contributed by atoms with E-state index in [1.54, 1.807) is 6.07 Å². The summed E-state index contributed by atoms with van der Waals surface area (Å²) in [5.41, 5.74) is 1.52. The number of aliphatic hydroxyl groups excluding tert-OH is 1. The minimum absolute atomic E-state index is 0.000195. The Bertz CT molecular complexity index is 386. The lowest BCUT2D eigenvalue weighted by molar-refractivity contribution is -0.123. The van der Waals surface area contributed by atoms with Crippen LogP contribution in [0.25, 0.3) is 0 Å². The third kappa shape index (κ3) is 3.28. The number of carbonyl (C=O) groups is 1. The van der Waals surface area contributed by atoms with Crippen molar-refractivity contribution in [1.29, 1.82) is 0 Å². The molecule has 2 rings (SSSR count). The molecule has 0 aromatic heterocycles. The van der Waals surface area contributed by atoms with Crippen molar-refractivity contribution >= 4 is 11.6 Å². The molecule has 1 amide bonds. The maximum atomic E-state index is 11.9. The Hall–Kier alpha value is -1.39. The van der Waals surface area contributed by atoms with Gasteiger partial charge in [0.05, 0.1) is 19.1 Å². The Labute approximate surface area is 101 Å². The molecule has 4 nitrogen and oxygen atoms in total. The second-order valence-corrected chi connectivity index (χ2v) is 4.26. The number of carbonyl (C=O) groups excluding carboxylic acids is 1. The van der Waals surface area contributed by atoms with Gasteiger partial charge in [-0.3, -0.25) is 4.79 Å². The minimum Gasteiger partial charge on any atom is -0.392 e. The molecule has 1 unspecified atom stereocenters. The van der Waals surface area contributed by atoms with Gasteiger partial charge in [-0.25, -0.2) is 0 Å². The van der Waals surface area contributed by atoms with Crippen LogP contribution in [-0.4, -0.2) is 24.2 Å². The number of hydrogen-bond acceptors (Lipinski definition) is 3. The summed E-state index contributed by atoms with van der Waals surface area (Å²) >= 11 is 0. The Kier molecular flexibility index (Phi) is 4.12. The minimum atomic E-state index is -0.0541. The molecule has 1 atom stereocenters. The van der Waals surface area contributed by atoms with Gasteiger partial charge in [0.2, 0.25) is 5.91 Å². The molecule has 17 heavy (non-hydrogen) atoms. The summed E-state index contributed by atoms with van der Waals surface area (Å²) in [6, 6.07) is 7.24. The number of benzene rings is 1. The van der Waals surface area contributed by atoms with E-state index in [0.29, 0.717) is 6.61 Å². The highest BCUT2D eigenvalue weighted by molar-refractivity contribution is 5.92. The van der Waals surface area contributed by atoms with Crippen molar-refractivity contribution < 1.29 is 14.6 Å². The molecule has 0 spiro atoms. The Balaban J connectivity index is 1.96. The fraction of sp³-hybridized carbons (Fsp3) is 0.462. The second-order valence-electron chi connectivity index (χ2n) is 4.26. The molecule has 1 heterocycles. The standard InChI is InChI=1S/C13H17NO3/c15-8-10-3-1-5-12(7-10)14-13(16)11-4-2-6-17-9-11/h1,3,5,7,11,15H,2,4,6,8-9H2,(H,14,16). The van der Waals surface area contributed by atoms with Gasteiger partial charge < -0.3 is 15.2 Å². The highest BCUT2D eigenvalue weighted by Crippen LogP contribution is 2.17. The van der Waals surface area contributed by atoms with Gasteiger partial charge in [0, 0.05) is 12.3 Å². The molecule has 0 saturated carbocycles. The first kappa shape index (κ1) is 12.1. The number of nitrogens with one attached hydrogen (secondary N) is 1. The molecule has 1 aromatic carbocycles. The van der Waals surface area contributed by atoms with E-state index in [2.05, 4.69) is 5.32 Å². The van der Waals surface area contributed by atoms with Crippen LogP contribution in [0.1, 0.15) is 18.4 Å². The van der Waals surface area contributed by atoms with E-state index < -0.39 is 0 Å². The third-order valence-corrected chi connectivity index (χ3v) is 2.91. The lowest BCUT2D eigenvalue weighted by Gasteiger charge is -2.21. The highest BCUT2D eigenvalue weighted by atomic mass is 16.5. The predicted octanol–water partition coefficient (Wildman–Crippen LogP) is 1.54. The fourth-order valence-electron chi connectivity index (χ4n) is 1.94. The molecule has 1 fully saturated rings. The lowest BCUT2D eigenvalue weighted by atomic mass is 10.0. The van der Waals surface area contributed by atoms with Gasteiger partial charge in [-0.15, -0.1) is 0 Å². The van der Waals surface area contributed by atoms with E-state index in [1.807, 2.05) is 18.2 Å². The zero-order chi connectivity index (χ0) is 12.1. The summed E-state index contributed by atoms with van der Waals surface area (Å²) in [4.78, 5) is 11.9. The van der Waals surface area contributed by atoms with Crippen LogP contribution in [0.5, 0.6) is 0 Å². The molecule has 2 N–H and O–H groups in total. The molecular weight excluding hydrogens is 218 g/mol. The van der Waals surface area contributed by atoms with E-state index in [1.165, 1.54) is 0 Å². The van der Waals surface area contributed by atoms with Crippen LogP contribution in [0.15, 0.2) is 24.3 Å². The van der Waals surface area contributed by atoms with Crippen molar-refractivity contribution in [3.63, 3.8) is 0 Å². The summed E-state index contributed by atoms with van der Waals surface area (Å²) in [5, 5.41) is 11.9. The quantitative estimate of drug-likeness (QED) is 0.835. The van der Waals surface area contributed by atoms with Gasteiger partial charge in [-0.2, -0.15) is 0 Å². The molecular formula is C13H17NO3. The van der Waals surface area contributed by atoms with Crippen molar-refractivity contribution in [1.82, 2.24) is 0 Å². The predicted molar refractivity (Wildman–Crippen MR) is 64.5 cm³/mol. The highest BCUT2D eigenvalue weighted by Gasteiger charge is 2.21. The molecule has 4 heteroatoms. The van der Waals surface area contributed by atoms with Crippen LogP contribution in [0, 0.1) is 5.92 Å². The largest absolute Gasteiger partial charge is 0.392 e.